The number of hydrogen-bond acceptors (Lipinski definition) is 2. The molecule has 5 rings (SSSR count). The molecule has 0 bridgehead atoms. The Labute approximate surface area is 169 Å². The lowest BCUT2D eigenvalue weighted by Crippen LogP contribution is -2.54. The van der Waals surface area contributed by atoms with Crippen LogP contribution in [0.5, 0.6) is 0 Å². The van der Waals surface area contributed by atoms with Crippen molar-refractivity contribution in [2.24, 2.45) is 34.5 Å². The minimum atomic E-state index is -0.154. The molecule has 1 aromatic rings. The maximum Gasteiger partial charge on any atom is 0.165 e. The number of benzene rings is 1. The molecule has 0 saturated heterocycles. The lowest BCUT2D eigenvalue weighted by molar-refractivity contribution is -0.141. The minimum absolute atomic E-state index is 0.0862. The molecule has 0 aromatic heterocycles. The van der Waals surface area contributed by atoms with E-state index in [0.717, 1.165) is 42.7 Å². The van der Waals surface area contributed by atoms with E-state index in [1.165, 1.54) is 25.7 Å². The van der Waals surface area contributed by atoms with Crippen LogP contribution >= 0.6 is 0 Å². The predicted molar refractivity (Wildman–Crippen MR) is 113 cm³/mol. The summed E-state index contributed by atoms with van der Waals surface area (Å²) < 4.78 is 0. The highest BCUT2D eigenvalue weighted by Crippen LogP contribution is 2.66. The molecule has 28 heavy (non-hydrogen) atoms. The number of fused-ring (bicyclic) bond motifs is 5. The van der Waals surface area contributed by atoms with E-state index in [2.05, 4.69) is 44.2 Å². The van der Waals surface area contributed by atoms with Crippen LogP contribution in [0.3, 0.4) is 0 Å². The van der Waals surface area contributed by atoms with Crippen molar-refractivity contribution in [3.05, 3.63) is 41.5 Å². The smallest absolute Gasteiger partial charge is 0.165 e. The van der Waals surface area contributed by atoms with Gasteiger partial charge >= 0.3 is 0 Å². The van der Waals surface area contributed by atoms with Crippen molar-refractivity contribution in [2.45, 2.75) is 71.3 Å². The second kappa shape index (κ2) is 6.55. The maximum atomic E-state index is 13.4. The first-order chi connectivity index (χ1) is 13.4. The SMILES string of the molecule is C[C@]12CC[C@@H](O)C[C@@H]1CC[C@H]1[C@H]2CC[C@@]2(C)C(=O)/C(=C/c3ccccc3)C[C@H]12. The van der Waals surface area contributed by atoms with Crippen LogP contribution in [0.15, 0.2) is 35.9 Å². The summed E-state index contributed by atoms with van der Waals surface area (Å²) in [6.45, 7) is 4.78. The lowest BCUT2D eigenvalue weighted by Gasteiger charge is -2.59. The molecule has 1 N–H and O–H groups in total. The number of Topliss-reactive ketones (excluding diaryl/α,β-unsaturated/α-hetero) is 1. The summed E-state index contributed by atoms with van der Waals surface area (Å²) in [5.74, 6) is 3.03. The molecular weight excluding hydrogens is 344 g/mol. The molecule has 150 valence electrons. The predicted octanol–water partition coefficient (Wildman–Crippen LogP) is 5.65. The first-order valence-corrected chi connectivity index (χ1v) is 11.4. The van der Waals surface area contributed by atoms with Crippen LogP contribution < -0.4 is 0 Å². The molecule has 1 aromatic carbocycles. The molecule has 0 aliphatic heterocycles. The van der Waals surface area contributed by atoms with Crippen LogP contribution in [-0.4, -0.2) is 17.0 Å². The van der Waals surface area contributed by atoms with Gasteiger partial charge in [0.05, 0.1) is 6.10 Å². The maximum absolute atomic E-state index is 13.4. The largest absolute Gasteiger partial charge is 0.393 e. The quantitative estimate of drug-likeness (QED) is 0.641. The minimum Gasteiger partial charge on any atom is -0.393 e. The van der Waals surface area contributed by atoms with E-state index in [-0.39, 0.29) is 11.5 Å². The first-order valence-electron chi connectivity index (χ1n) is 11.4. The van der Waals surface area contributed by atoms with Crippen LogP contribution in [0.2, 0.25) is 0 Å². The molecule has 0 unspecified atom stereocenters. The number of rotatable bonds is 1. The normalized spacial score (nSPS) is 46.8. The zero-order valence-corrected chi connectivity index (χ0v) is 17.4. The van der Waals surface area contributed by atoms with Crippen LogP contribution in [0.25, 0.3) is 6.08 Å². The number of aliphatic hydroxyl groups excluding tert-OH is 1. The summed E-state index contributed by atoms with van der Waals surface area (Å²) in [4.78, 5) is 13.4. The highest BCUT2D eigenvalue weighted by molar-refractivity contribution is 6.05. The first kappa shape index (κ1) is 18.6. The summed E-state index contributed by atoms with van der Waals surface area (Å²) in [5.41, 5.74) is 2.43. The van der Waals surface area contributed by atoms with Crippen molar-refractivity contribution in [3.63, 3.8) is 0 Å². The fraction of sp³-hybridized carbons (Fsp3) is 0.654. The van der Waals surface area contributed by atoms with Crippen LogP contribution in [0.4, 0.5) is 0 Å². The number of carbonyl (C=O) groups is 1. The average molecular weight is 379 g/mol. The van der Waals surface area contributed by atoms with Gasteiger partial charge in [-0.2, -0.15) is 0 Å². The van der Waals surface area contributed by atoms with E-state index in [1.54, 1.807) is 0 Å². The Kier molecular flexibility index (Phi) is 4.36. The van der Waals surface area contributed by atoms with Gasteiger partial charge in [0.2, 0.25) is 0 Å². The van der Waals surface area contributed by atoms with Crippen LogP contribution in [-0.2, 0) is 4.79 Å². The summed E-state index contributed by atoms with van der Waals surface area (Å²) in [6, 6.07) is 10.3. The highest BCUT2D eigenvalue weighted by atomic mass is 16.3. The molecule has 2 nitrogen and oxygen atoms in total. The van der Waals surface area contributed by atoms with E-state index in [9.17, 15) is 9.90 Å². The third-order valence-electron chi connectivity index (χ3n) is 9.42. The number of ketones is 1. The van der Waals surface area contributed by atoms with Gasteiger partial charge in [0.1, 0.15) is 0 Å². The van der Waals surface area contributed by atoms with Gasteiger partial charge in [0.25, 0.3) is 0 Å². The molecule has 4 saturated carbocycles. The number of hydrogen-bond donors (Lipinski definition) is 1. The van der Waals surface area contributed by atoms with E-state index >= 15 is 0 Å². The van der Waals surface area contributed by atoms with Gasteiger partial charge in [-0.3, -0.25) is 4.79 Å². The second-order valence-electron chi connectivity index (χ2n) is 10.7. The fourth-order valence-electron chi connectivity index (χ4n) is 7.79. The van der Waals surface area contributed by atoms with Gasteiger partial charge in [-0.1, -0.05) is 44.2 Å². The van der Waals surface area contributed by atoms with E-state index in [4.69, 9.17) is 0 Å². The van der Waals surface area contributed by atoms with Gasteiger partial charge in [-0.25, -0.2) is 0 Å². The van der Waals surface area contributed by atoms with Crippen molar-refractivity contribution in [1.29, 1.82) is 0 Å². The molecule has 4 fully saturated rings. The average Bonchev–Trinajstić information content (AvgIpc) is 2.94. The van der Waals surface area contributed by atoms with E-state index in [0.29, 0.717) is 29.0 Å². The monoisotopic (exact) mass is 378 g/mol. The lowest BCUT2D eigenvalue weighted by atomic mass is 9.45. The molecule has 0 radical (unpaired) electrons. The third kappa shape index (κ3) is 2.67. The zero-order chi connectivity index (χ0) is 19.5. The topological polar surface area (TPSA) is 37.3 Å². The van der Waals surface area contributed by atoms with Gasteiger partial charge in [-0.15, -0.1) is 0 Å². The fourth-order valence-corrected chi connectivity index (χ4v) is 7.79. The molecule has 4 aliphatic carbocycles. The molecule has 2 heteroatoms. The van der Waals surface area contributed by atoms with Gasteiger partial charge in [0, 0.05) is 5.41 Å². The van der Waals surface area contributed by atoms with E-state index in [1.807, 2.05) is 6.07 Å². The summed E-state index contributed by atoms with van der Waals surface area (Å²) >= 11 is 0. The standard InChI is InChI=1S/C26H34O2/c1-25-12-10-20(27)16-19(25)8-9-21-22(25)11-13-26(2)23(21)15-18(24(26)28)14-17-6-4-3-5-7-17/h3-7,14,19-23,27H,8-13,15-16H2,1-2H3/b18-14+/t19-,20+,21-,22+,23+,25-,26+/m0/s1. The molecule has 0 spiro atoms. The Morgan fingerprint density at radius 3 is 2.57 bits per heavy atom. The zero-order valence-electron chi connectivity index (χ0n) is 17.4. The highest BCUT2D eigenvalue weighted by Gasteiger charge is 2.61. The summed E-state index contributed by atoms with van der Waals surface area (Å²) in [6.07, 6.45) is 10.9. The van der Waals surface area contributed by atoms with Crippen molar-refractivity contribution in [2.75, 3.05) is 0 Å². The second-order valence-corrected chi connectivity index (χ2v) is 10.7. The Morgan fingerprint density at radius 2 is 1.79 bits per heavy atom. The Hall–Kier alpha value is -1.41. The van der Waals surface area contributed by atoms with Crippen molar-refractivity contribution in [1.82, 2.24) is 0 Å². The van der Waals surface area contributed by atoms with Crippen molar-refractivity contribution in [3.8, 4) is 0 Å². The van der Waals surface area contributed by atoms with Crippen molar-refractivity contribution < 1.29 is 9.90 Å². The Morgan fingerprint density at radius 1 is 1.00 bits per heavy atom. The van der Waals surface area contributed by atoms with Gasteiger partial charge in [0.15, 0.2) is 5.78 Å². The van der Waals surface area contributed by atoms with Gasteiger partial charge in [-0.05, 0) is 97.7 Å². The number of allylic oxidation sites excluding steroid dienone is 1. The molecule has 0 amide bonds. The molecular formula is C26H34O2. The molecule has 4 aliphatic rings. The number of carbonyl (C=O) groups excluding carboxylic acids is 1. The molecule has 0 heterocycles. The van der Waals surface area contributed by atoms with Gasteiger partial charge < -0.3 is 5.11 Å². The van der Waals surface area contributed by atoms with E-state index < -0.39 is 0 Å². The van der Waals surface area contributed by atoms with Crippen LogP contribution in [0, 0.1) is 34.5 Å². The van der Waals surface area contributed by atoms with Crippen LogP contribution in [0.1, 0.15) is 70.8 Å². The Bertz CT molecular complexity index is 796. The third-order valence-corrected chi connectivity index (χ3v) is 9.42. The Balaban J connectivity index is 1.45. The number of aliphatic hydroxyl groups is 1. The summed E-state index contributed by atoms with van der Waals surface area (Å²) in [5, 5.41) is 10.2. The molecule has 7 atom stereocenters. The summed E-state index contributed by atoms with van der Waals surface area (Å²) in [7, 11) is 0. The van der Waals surface area contributed by atoms with Crippen molar-refractivity contribution >= 4 is 11.9 Å².